The summed E-state index contributed by atoms with van der Waals surface area (Å²) in [4.78, 5) is 18.2. The Bertz CT molecular complexity index is 1390. The van der Waals surface area contributed by atoms with E-state index in [9.17, 15) is 5.11 Å². The number of aliphatic hydroxyl groups is 1. The van der Waals surface area contributed by atoms with Crippen molar-refractivity contribution in [3.05, 3.63) is 78.6 Å². The zero-order valence-electron chi connectivity index (χ0n) is 17.3. The molecule has 158 valence electrons. The predicted octanol–water partition coefficient (Wildman–Crippen LogP) is 3.63. The van der Waals surface area contributed by atoms with E-state index >= 15 is 0 Å². The van der Waals surface area contributed by atoms with Crippen molar-refractivity contribution >= 4 is 17.0 Å². The van der Waals surface area contributed by atoms with E-state index in [1.165, 1.54) is 0 Å². The van der Waals surface area contributed by atoms with Crippen LogP contribution in [0.5, 0.6) is 5.88 Å². The lowest BCUT2D eigenvalue weighted by Gasteiger charge is -2.11. The Balaban J connectivity index is 1.74. The largest absolute Gasteiger partial charge is 0.481 e. The minimum Gasteiger partial charge on any atom is -0.481 e. The summed E-state index contributed by atoms with van der Waals surface area (Å²) in [6, 6.07) is 18.8. The van der Waals surface area contributed by atoms with Gasteiger partial charge in [0.15, 0.2) is 11.5 Å². The number of benzene rings is 1. The molecule has 0 aliphatic rings. The van der Waals surface area contributed by atoms with Crippen molar-refractivity contribution in [1.29, 1.82) is 0 Å². The molecule has 4 aromatic heterocycles. The molecule has 0 radical (unpaired) electrons. The summed E-state index contributed by atoms with van der Waals surface area (Å²) in [6.45, 7) is -0.0275. The zero-order chi connectivity index (χ0) is 22.1. The number of rotatable bonds is 5. The highest BCUT2D eigenvalue weighted by molar-refractivity contribution is 5.84. The third kappa shape index (κ3) is 3.42. The van der Waals surface area contributed by atoms with Crippen LogP contribution in [0.15, 0.2) is 73.1 Å². The van der Waals surface area contributed by atoms with Gasteiger partial charge in [0, 0.05) is 29.7 Å². The lowest BCUT2D eigenvalue weighted by molar-refractivity contribution is 0.282. The number of hydrogen-bond donors (Lipinski definition) is 2. The highest BCUT2D eigenvalue weighted by atomic mass is 16.5. The molecule has 8 heteroatoms. The lowest BCUT2D eigenvalue weighted by Crippen LogP contribution is -2.02. The van der Waals surface area contributed by atoms with Gasteiger partial charge in [0.05, 0.1) is 25.0 Å². The second-order valence-corrected chi connectivity index (χ2v) is 7.16. The average Bonchev–Trinajstić information content (AvgIpc) is 3.23. The van der Waals surface area contributed by atoms with E-state index in [1.54, 1.807) is 25.6 Å². The first-order valence-electron chi connectivity index (χ1n) is 9.99. The van der Waals surface area contributed by atoms with Crippen LogP contribution in [-0.2, 0) is 6.61 Å². The number of nitrogens with zero attached hydrogens (tertiary/aromatic N) is 5. The summed E-state index contributed by atoms with van der Waals surface area (Å²) in [5.74, 6) is 1.56. The molecule has 0 saturated heterocycles. The van der Waals surface area contributed by atoms with E-state index in [0.29, 0.717) is 28.7 Å². The van der Waals surface area contributed by atoms with Gasteiger partial charge < -0.3 is 15.6 Å². The molecular weight excluding hydrogens is 404 g/mol. The quantitative estimate of drug-likeness (QED) is 0.443. The van der Waals surface area contributed by atoms with Crippen LogP contribution in [0.2, 0.25) is 0 Å². The van der Waals surface area contributed by atoms with Crippen LogP contribution in [0, 0.1) is 0 Å². The Morgan fingerprint density at radius 1 is 0.969 bits per heavy atom. The molecule has 32 heavy (non-hydrogen) atoms. The van der Waals surface area contributed by atoms with Gasteiger partial charge in [0.25, 0.3) is 0 Å². The van der Waals surface area contributed by atoms with Crippen molar-refractivity contribution in [2.75, 3.05) is 12.8 Å². The van der Waals surface area contributed by atoms with Gasteiger partial charge in [-0.15, -0.1) is 0 Å². The van der Waals surface area contributed by atoms with Gasteiger partial charge >= 0.3 is 0 Å². The number of nitrogen functional groups attached to an aromatic ring is 1. The van der Waals surface area contributed by atoms with Crippen molar-refractivity contribution < 1.29 is 9.84 Å². The smallest absolute Gasteiger partial charge is 0.212 e. The summed E-state index contributed by atoms with van der Waals surface area (Å²) >= 11 is 0. The van der Waals surface area contributed by atoms with Crippen LogP contribution in [0.4, 0.5) is 5.82 Å². The number of fused-ring (bicyclic) bond motifs is 1. The predicted molar refractivity (Wildman–Crippen MR) is 122 cm³/mol. The molecule has 8 nitrogen and oxygen atoms in total. The number of nitrogens with two attached hydrogens (primary N) is 1. The maximum atomic E-state index is 9.43. The van der Waals surface area contributed by atoms with Crippen LogP contribution in [0.1, 0.15) is 5.56 Å². The van der Waals surface area contributed by atoms with Gasteiger partial charge in [-0.2, -0.15) is 0 Å². The number of methoxy groups -OCH3 is 1. The Morgan fingerprint density at radius 3 is 2.50 bits per heavy atom. The Morgan fingerprint density at radius 2 is 1.81 bits per heavy atom. The Labute approximate surface area is 184 Å². The van der Waals surface area contributed by atoms with Crippen molar-refractivity contribution in [3.63, 3.8) is 0 Å². The van der Waals surface area contributed by atoms with E-state index < -0.39 is 0 Å². The summed E-state index contributed by atoms with van der Waals surface area (Å²) < 4.78 is 7.10. The van der Waals surface area contributed by atoms with Gasteiger partial charge in [0.2, 0.25) is 5.88 Å². The molecule has 3 N–H and O–H groups in total. The topological polar surface area (TPSA) is 112 Å². The number of aromatic nitrogens is 5. The molecule has 5 aromatic rings. The fourth-order valence-corrected chi connectivity index (χ4v) is 3.55. The molecule has 0 saturated carbocycles. The van der Waals surface area contributed by atoms with Gasteiger partial charge in [-0.3, -0.25) is 4.57 Å². The first-order chi connectivity index (χ1) is 15.7. The highest BCUT2D eigenvalue weighted by Crippen LogP contribution is 2.31. The SMILES string of the molecule is COc1ccc(-c2ccc3nc(-c4cccnc4N)n(-c4ccc(CO)cc4)c3n2)cn1. The summed E-state index contributed by atoms with van der Waals surface area (Å²) in [6.07, 6.45) is 3.37. The van der Waals surface area contributed by atoms with Crippen LogP contribution < -0.4 is 10.5 Å². The molecule has 0 unspecified atom stereocenters. The summed E-state index contributed by atoms with van der Waals surface area (Å²) in [5.41, 5.74) is 11.6. The third-order valence-corrected chi connectivity index (χ3v) is 5.20. The molecule has 1 aromatic carbocycles. The second-order valence-electron chi connectivity index (χ2n) is 7.16. The Kier molecular flexibility index (Phi) is 4.97. The van der Waals surface area contributed by atoms with Crippen LogP contribution >= 0.6 is 0 Å². The second kappa shape index (κ2) is 8.09. The number of anilines is 1. The van der Waals surface area contributed by atoms with Gasteiger partial charge in [-0.25, -0.2) is 19.9 Å². The first-order valence-corrected chi connectivity index (χ1v) is 9.99. The number of pyridine rings is 3. The number of aliphatic hydroxyl groups excluding tert-OH is 1. The van der Waals surface area contributed by atoms with Crippen molar-refractivity contribution in [1.82, 2.24) is 24.5 Å². The molecular formula is C24H20N6O2. The number of hydrogen-bond acceptors (Lipinski definition) is 7. The molecule has 4 heterocycles. The molecule has 0 aliphatic heterocycles. The van der Waals surface area contributed by atoms with E-state index in [2.05, 4.69) is 9.97 Å². The maximum Gasteiger partial charge on any atom is 0.212 e. The lowest BCUT2D eigenvalue weighted by atomic mass is 10.2. The number of imidazole rings is 1. The standard InChI is InChI=1S/C24H20N6O2/c1-32-21-11-6-16(13-27-21)19-9-10-20-24(28-19)30(17-7-4-15(14-31)5-8-17)23(29-20)18-3-2-12-26-22(18)25/h2-13,31H,14H2,1H3,(H2,25,26). The molecule has 0 spiro atoms. The molecule has 0 aliphatic carbocycles. The average molecular weight is 424 g/mol. The van der Waals surface area contributed by atoms with Crippen LogP contribution in [0.25, 0.3) is 39.5 Å². The molecule has 0 bridgehead atoms. The van der Waals surface area contributed by atoms with E-state index in [4.69, 9.17) is 20.4 Å². The van der Waals surface area contributed by atoms with E-state index in [0.717, 1.165) is 28.0 Å². The van der Waals surface area contributed by atoms with Crippen molar-refractivity contribution in [2.45, 2.75) is 6.61 Å². The fraction of sp³-hybridized carbons (Fsp3) is 0.0833. The van der Waals surface area contributed by atoms with Crippen LogP contribution in [-0.4, -0.2) is 36.7 Å². The normalized spacial score (nSPS) is 11.1. The van der Waals surface area contributed by atoms with E-state index in [-0.39, 0.29) is 6.61 Å². The number of ether oxygens (including phenoxy) is 1. The fourth-order valence-electron chi connectivity index (χ4n) is 3.55. The molecule has 0 atom stereocenters. The van der Waals surface area contributed by atoms with E-state index in [1.807, 2.05) is 59.2 Å². The maximum absolute atomic E-state index is 9.43. The van der Waals surface area contributed by atoms with Gasteiger partial charge in [-0.05, 0) is 48.0 Å². The Hall–Kier alpha value is -4.30. The monoisotopic (exact) mass is 424 g/mol. The highest BCUT2D eigenvalue weighted by Gasteiger charge is 2.18. The molecule has 0 amide bonds. The van der Waals surface area contributed by atoms with Gasteiger partial charge in [0.1, 0.15) is 11.3 Å². The van der Waals surface area contributed by atoms with Crippen LogP contribution in [0.3, 0.4) is 0 Å². The first kappa shape index (κ1) is 19.7. The summed E-state index contributed by atoms with van der Waals surface area (Å²) in [5, 5.41) is 9.43. The van der Waals surface area contributed by atoms with Gasteiger partial charge in [-0.1, -0.05) is 12.1 Å². The molecule has 5 rings (SSSR count). The van der Waals surface area contributed by atoms with Crippen molar-refractivity contribution in [2.24, 2.45) is 0 Å². The summed E-state index contributed by atoms with van der Waals surface area (Å²) in [7, 11) is 1.58. The van der Waals surface area contributed by atoms with Crippen molar-refractivity contribution in [3.8, 4) is 34.2 Å². The minimum absolute atomic E-state index is 0.0275. The molecule has 0 fully saturated rings. The zero-order valence-corrected chi connectivity index (χ0v) is 17.3. The third-order valence-electron chi connectivity index (χ3n) is 5.20. The minimum atomic E-state index is -0.0275.